The molecule has 0 bridgehead atoms. The summed E-state index contributed by atoms with van der Waals surface area (Å²) in [5.41, 5.74) is 1.01. The van der Waals surface area contributed by atoms with Crippen molar-refractivity contribution in [3.05, 3.63) is 71.6 Å². The highest BCUT2D eigenvalue weighted by Crippen LogP contribution is 2.33. The minimum Gasteiger partial charge on any atom is -0.365 e. The molecule has 0 aliphatic carbocycles. The Kier molecular flexibility index (Phi) is 6.77. The lowest BCUT2D eigenvalue weighted by Crippen LogP contribution is -2.28. The van der Waals surface area contributed by atoms with Gasteiger partial charge in [0, 0.05) is 12.2 Å². The lowest BCUT2D eigenvalue weighted by atomic mass is 10.0. The van der Waals surface area contributed by atoms with Crippen LogP contribution in [0, 0.1) is 17.5 Å². The molecule has 0 radical (unpaired) electrons. The first kappa shape index (κ1) is 21.8. The van der Waals surface area contributed by atoms with E-state index in [-0.39, 0.29) is 0 Å². The molecule has 1 N–H and O–H groups in total. The molecule has 28 heavy (non-hydrogen) atoms. The second-order valence-electron chi connectivity index (χ2n) is 6.46. The van der Waals surface area contributed by atoms with Crippen LogP contribution in [0.4, 0.5) is 24.5 Å². The predicted octanol–water partition coefficient (Wildman–Crippen LogP) is 4.79. The number of benzene rings is 2. The van der Waals surface area contributed by atoms with E-state index in [2.05, 4.69) is 6.58 Å². The molecule has 0 aliphatic heterocycles. The molecule has 0 aliphatic rings. The summed E-state index contributed by atoms with van der Waals surface area (Å²) in [4.78, 5) is 1.82. The quantitative estimate of drug-likeness (QED) is 0.634. The number of allylic oxidation sites excluding steroid dienone is 1. The molecule has 2 aromatic rings. The maximum absolute atomic E-state index is 14.4. The van der Waals surface area contributed by atoms with Gasteiger partial charge in [0.2, 0.25) is 10.0 Å². The summed E-state index contributed by atoms with van der Waals surface area (Å²) in [5.74, 6) is -2.46. The number of nitrogens with one attached hydrogen (secondary N) is 1. The summed E-state index contributed by atoms with van der Waals surface area (Å²) in [7, 11) is -3.83. The van der Waals surface area contributed by atoms with Crippen molar-refractivity contribution in [2.45, 2.75) is 26.3 Å². The van der Waals surface area contributed by atoms with Crippen molar-refractivity contribution in [1.82, 2.24) is 0 Å². The number of anilines is 2. The van der Waals surface area contributed by atoms with Crippen LogP contribution in [0.1, 0.15) is 31.0 Å². The molecule has 0 amide bonds. The molecule has 0 heterocycles. The average molecular weight is 412 g/mol. The first-order valence-corrected chi connectivity index (χ1v) is 10.6. The summed E-state index contributed by atoms with van der Waals surface area (Å²) < 4.78 is 67.0. The normalized spacial score (nSPS) is 12.5. The van der Waals surface area contributed by atoms with E-state index in [4.69, 9.17) is 0 Å². The molecular formula is C20H23F3N2O2S. The zero-order valence-corrected chi connectivity index (χ0v) is 16.8. The fourth-order valence-electron chi connectivity index (χ4n) is 3.08. The maximum atomic E-state index is 14.4. The Morgan fingerprint density at radius 2 is 1.79 bits per heavy atom. The van der Waals surface area contributed by atoms with E-state index in [1.54, 1.807) is 19.1 Å². The zero-order chi connectivity index (χ0) is 21.1. The smallest absolute Gasteiger partial charge is 0.230 e. The molecule has 1 atom stereocenters. The van der Waals surface area contributed by atoms with Crippen LogP contribution in [-0.2, 0) is 16.4 Å². The van der Waals surface area contributed by atoms with Crippen molar-refractivity contribution in [3.8, 4) is 0 Å². The van der Waals surface area contributed by atoms with Gasteiger partial charge in [-0.15, -0.1) is 6.58 Å². The van der Waals surface area contributed by atoms with Gasteiger partial charge in [0.1, 0.15) is 11.5 Å². The summed E-state index contributed by atoms with van der Waals surface area (Å²) in [5, 5.41) is 0. The van der Waals surface area contributed by atoms with Gasteiger partial charge in [0.25, 0.3) is 0 Å². The van der Waals surface area contributed by atoms with Crippen molar-refractivity contribution in [3.63, 3.8) is 0 Å². The van der Waals surface area contributed by atoms with E-state index in [9.17, 15) is 21.6 Å². The first-order chi connectivity index (χ1) is 13.1. The van der Waals surface area contributed by atoms with Gasteiger partial charge < -0.3 is 4.90 Å². The van der Waals surface area contributed by atoms with Gasteiger partial charge in [-0.25, -0.2) is 21.6 Å². The average Bonchev–Trinajstić information content (AvgIpc) is 2.60. The molecule has 0 fully saturated rings. The van der Waals surface area contributed by atoms with Crippen LogP contribution in [0.3, 0.4) is 0 Å². The largest absolute Gasteiger partial charge is 0.365 e. The topological polar surface area (TPSA) is 49.4 Å². The fraction of sp³-hybridized carbons (Fsp3) is 0.300. The number of nitrogens with zero attached hydrogens (tertiary/aromatic N) is 1. The minimum atomic E-state index is -3.83. The van der Waals surface area contributed by atoms with Crippen LogP contribution in [0.5, 0.6) is 0 Å². The SMILES string of the molecule is C=CCc1ccc(F)cc1N(CC)[C@H](C)c1cc(F)c(NS(C)(=O)=O)c(F)c1. The molecule has 0 aromatic heterocycles. The van der Waals surface area contributed by atoms with Crippen LogP contribution in [0.15, 0.2) is 43.0 Å². The number of halogens is 3. The van der Waals surface area contributed by atoms with Gasteiger partial charge in [0.05, 0.1) is 12.3 Å². The van der Waals surface area contributed by atoms with Crippen molar-refractivity contribution >= 4 is 21.4 Å². The monoisotopic (exact) mass is 412 g/mol. The first-order valence-electron chi connectivity index (χ1n) is 8.70. The third-order valence-electron chi connectivity index (χ3n) is 4.36. The van der Waals surface area contributed by atoms with E-state index < -0.39 is 39.2 Å². The number of rotatable bonds is 8. The van der Waals surface area contributed by atoms with Gasteiger partial charge in [0.15, 0.2) is 11.6 Å². The van der Waals surface area contributed by atoms with Gasteiger partial charge >= 0.3 is 0 Å². The summed E-state index contributed by atoms with van der Waals surface area (Å²) in [6.45, 7) is 7.75. The molecule has 0 spiro atoms. The Morgan fingerprint density at radius 3 is 2.29 bits per heavy atom. The van der Waals surface area contributed by atoms with Gasteiger partial charge in [-0.2, -0.15) is 0 Å². The minimum absolute atomic E-state index is 0.296. The Morgan fingerprint density at radius 1 is 1.18 bits per heavy atom. The Balaban J connectivity index is 2.48. The summed E-state index contributed by atoms with van der Waals surface area (Å²) >= 11 is 0. The Hall–Kier alpha value is -2.48. The van der Waals surface area contributed by atoms with Crippen molar-refractivity contribution in [2.24, 2.45) is 0 Å². The van der Waals surface area contributed by atoms with Gasteiger partial charge in [-0.1, -0.05) is 12.1 Å². The highest BCUT2D eigenvalue weighted by atomic mass is 32.2. The van der Waals surface area contributed by atoms with E-state index in [1.165, 1.54) is 12.1 Å². The third kappa shape index (κ3) is 5.07. The van der Waals surface area contributed by atoms with Gasteiger partial charge in [-0.05, 0) is 55.7 Å². The van der Waals surface area contributed by atoms with Crippen molar-refractivity contribution in [2.75, 3.05) is 22.4 Å². The lowest BCUT2D eigenvalue weighted by Gasteiger charge is -2.32. The number of hydrogen-bond acceptors (Lipinski definition) is 3. The summed E-state index contributed by atoms with van der Waals surface area (Å²) in [6.07, 6.45) is 3.02. The lowest BCUT2D eigenvalue weighted by molar-refractivity contribution is 0.574. The molecule has 152 valence electrons. The van der Waals surface area contributed by atoms with Crippen LogP contribution in [0.2, 0.25) is 0 Å². The molecule has 0 saturated carbocycles. The molecule has 4 nitrogen and oxygen atoms in total. The highest BCUT2D eigenvalue weighted by Gasteiger charge is 2.22. The molecular weight excluding hydrogens is 389 g/mol. The fourth-order valence-corrected chi connectivity index (χ4v) is 3.65. The maximum Gasteiger partial charge on any atom is 0.230 e. The van der Waals surface area contributed by atoms with Crippen LogP contribution >= 0.6 is 0 Å². The number of sulfonamides is 1. The van der Waals surface area contributed by atoms with E-state index in [0.717, 1.165) is 24.0 Å². The Labute approximate surface area is 163 Å². The van der Waals surface area contributed by atoms with E-state index in [1.807, 2.05) is 16.5 Å². The van der Waals surface area contributed by atoms with E-state index >= 15 is 0 Å². The molecule has 0 unspecified atom stereocenters. The van der Waals surface area contributed by atoms with Crippen molar-refractivity contribution < 1.29 is 21.6 Å². The predicted molar refractivity (Wildman–Crippen MR) is 107 cm³/mol. The second kappa shape index (κ2) is 8.68. The van der Waals surface area contributed by atoms with Crippen LogP contribution in [-0.4, -0.2) is 21.2 Å². The molecule has 2 rings (SSSR count). The van der Waals surface area contributed by atoms with E-state index in [0.29, 0.717) is 24.2 Å². The second-order valence-corrected chi connectivity index (χ2v) is 8.21. The molecule has 8 heteroatoms. The third-order valence-corrected chi connectivity index (χ3v) is 4.94. The molecule has 2 aromatic carbocycles. The van der Waals surface area contributed by atoms with Crippen LogP contribution < -0.4 is 9.62 Å². The highest BCUT2D eigenvalue weighted by molar-refractivity contribution is 7.92. The molecule has 0 saturated heterocycles. The van der Waals surface area contributed by atoms with Gasteiger partial charge in [-0.3, -0.25) is 4.72 Å². The number of hydrogen-bond donors (Lipinski definition) is 1. The zero-order valence-electron chi connectivity index (χ0n) is 16.0. The van der Waals surface area contributed by atoms with Crippen LogP contribution in [0.25, 0.3) is 0 Å². The summed E-state index contributed by atoms with van der Waals surface area (Å²) in [6, 6.07) is 6.05. The standard InChI is InChI=1S/C20H23F3N2O2S/c1-5-7-14-8-9-16(21)12-19(14)25(6-2)13(3)15-10-17(22)20(18(23)11-15)24-28(4,26)27/h5,8-13,24H,1,6-7H2,2-4H3/t13-/m1/s1. The van der Waals surface area contributed by atoms with Crippen molar-refractivity contribution in [1.29, 1.82) is 0 Å². The Bertz CT molecular complexity index is 954.